The Morgan fingerprint density at radius 1 is 1.32 bits per heavy atom. The summed E-state index contributed by atoms with van der Waals surface area (Å²) in [6, 6.07) is 12.1. The van der Waals surface area contributed by atoms with Crippen LogP contribution in [-0.4, -0.2) is 13.7 Å². The van der Waals surface area contributed by atoms with Gasteiger partial charge >= 0.3 is 0 Å². The molecule has 0 aliphatic carbocycles. The Hall–Kier alpha value is -1.83. The summed E-state index contributed by atoms with van der Waals surface area (Å²) in [5.74, 6) is 0.891. The van der Waals surface area contributed by atoms with Gasteiger partial charge in [-0.3, -0.25) is 0 Å². The van der Waals surface area contributed by atoms with Gasteiger partial charge < -0.3 is 10.1 Å². The molecule has 1 aromatic carbocycles. The van der Waals surface area contributed by atoms with E-state index in [1.54, 1.807) is 7.11 Å². The van der Waals surface area contributed by atoms with Crippen LogP contribution in [0.5, 0.6) is 5.75 Å². The Morgan fingerprint density at radius 3 is 2.79 bits per heavy atom. The van der Waals surface area contributed by atoms with E-state index in [4.69, 9.17) is 10.00 Å². The van der Waals surface area contributed by atoms with Crippen LogP contribution < -0.4 is 10.1 Å². The summed E-state index contributed by atoms with van der Waals surface area (Å²) in [7, 11) is 1.68. The van der Waals surface area contributed by atoms with Crippen molar-refractivity contribution >= 4 is 11.3 Å². The first-order chi connectivity index (χ1) is 9.28. The van der Waals surface area contributed by atoms with E-state index in [-0.39, 0.29) is 0 Å². The first kappa shape index (κ1) is 13.6. The van der Waals surface area contributed by atoms with Gasteiger partial charge in [0.15, 0.2) is 0 Å². The Balaban J connectivity index is 2.34. The van der Waals surface area contributed by atoms with Gasteiger partial charge in [0.1, 0.15) is 16.7 Å². The zero-order valence-electron chi connectivity index (χ0n) is 11.1. The molecule has 0 unspecified atom stereocenters. The molecule has 0 amide bonds. The number of nitrogens with zero attached hydrogens (tertiary/aromatic N) is 1. The second-order valence-corrected chi connectivity index (χ2v) is 5.17. The smallest absolute Gasteiger partial charge is 0.123 e. The van der Waals surface area contributed by atoms with Crippen molar-refractivity contribution in [2.45, 2.75) is 13.5 Å². The summed E-state index contributed by atoms with van der Waals surface area (Å²) in [6.45, 7) is 3.78. The van der Waals surface area contributed by atoms with Crippen LogP contribution >= 0.6 is 11.3 Å². The van der Waals surface area contributed by atoms with E-state index in [1.165, 1.54) is 11.3 Å². The minimum absolute atomic E-state index is 0.735. The monoisotopic (exact) mass is 272 g/mol. The van der Waals surface area contributed by atoms with Crippen molar-refractivity contribution in [1.82, 2.24) is 5.32 Å². The molecule has 0 fully saturated rings. The van der Waals surface area contributed by atoms with E-state index in [0.717, 1.165) is 39.7 Å². The average molecular weight is 272 g/mol. The van der Waals surface area contributed by atoms with Crippen molar-refractivity contribution in [2.24, 2.45) is 0 Å². The Kier molecular flexibility index (Phi) is 4.56. The molecule has 98 valence electrons. The number of hydrogen-bond donors (Lipinski definition) is 1. The molecule has 2 rings (SSSR count). The van der Waals surface area contributed by atoms with Crippen LogP contribution in [0.25, 0.3) is 10.4 Å². The fraction of sp³-hybridized carbons (Fsp3) is 0.267. The normalized spacial score (nSPS) is 10.2. The molecular formula is C15H16N2OS. The Bertz CT molecular complexity index is 598. The van der Waals surface area contributed by atoms with E-state index in [0.29, 0.717) is 0 Å². The van der Waals surface area contributed by atoms with Crippen LogP contribution in [0.4, 0.5) is 0 Å². The van der Waals surface area contributed by atoms with Gasteiger partial charge in [0.2, 0.25) is 0 Å². The summed E-state index contributed by atoms with van der Waals surface area (Å²) in [5, 5.41) is 12.2. The molecular weight excluding hydrogens is 256 g/mol. The molecule has 0 saturated carbocycles. The molecule has 3 nitrogen and oxygen atoms in total. The molecule has 0 spiro atoms. The van der Waals surface area contributed by atoms with Gasteiger partial charge in [-0.25, -0.2) is 0 Å². The van der Waals surface area contributed by atoms with Gasteiger partial charge in [-0.15, -0.1) is 11.3 Å². The van der Waals surface area contributed by atoms with Crippen molar-refractivity contribution in [3.63, 3.8) is 0 Å². The quantitative estimate of drug-likeness (QED) is 0.907. The highest BCUT2D eigenvalue weighted by atomic mass is 32.1. The number of rotatable bonds is 5. The van der Waals surface area contributed by atoms with Gasteiger partial charge in [-0.1, -0.05) is 6.92 Å². The zero-order valence-corrected chi connectivity index (χ0v) is 11.9. The fourth-order valence-corrected chi connectivity index (χ4v) is 2.68. The van der Waals surface area contributed by atoms with Crippen LogP contribution in [0.2, 0.25) is 0 Å². The Labute approximate surface area is 117 Å². The van der Waals surface area contributed by atoms with Gasteiger partial charge in [-0.05, 0) is 42.4 Å². The molecule has 1 N–H and O–H groups in total. The van der Waals surface area contributed by atoms with Crippen LogP contribution in [0.15, 0.2) is 30.3 Å². The number of methoxy groups -OCH3 is 1. The third kappa shape index (κ3) is 3.14. The van der Waals surface area contributed by atoms with Gasteiger partial charge in [-0.2, -0.15) is 5.26 Å². The maximum absolute atomic E-state index is 8.88. The lowest BCUT2D eigenvalue weighted by molar-refractivity contribution is 0.408. The predicted octanol–water partition coefficient (Wildman–Crippen LogP) is 3.40. The molecule has 1 aromatic heterocycles. The molecule has 0 aliphatic rings. The third-order valence-electron chi connectivity index (χ3n) is 2.85. The number of thiophene rings is 1. The third-order valence-corrected chi connectivity index (χ3v) is 3.89. The van der Waals surface area contributed by atoms with Crippen molar-refractivity contribution in [1.29, 1.82) is 5.26 Å². The lowest BCUT2D eigenvalue weighted by atomic mass is 10.1. The molecule has 1 heterocycles. The zero-order chi connectivity index (χ0) is 13.7. The topological polar surface area (TPSA) is 45.0 Å². The van der Waals surface area contributed by atoms with E-state index in [9.17, 15) is 0 Å². The molecule has 4 heteroatoms. The predicted molar refractivity (Wildman–Crippen MR) is 78.4 cm³/mol. The minimum atomic E-state index is 0.735. The lowest BCUT2D eigenvalue weighted by Crippen LogP contribution is -2.12. The molecule has 0 radical (unpaired) electrons. The van der Waals surface area contributed by atoms with Gasteiger partial charge in [0.05, 0.1) is 7.11 Å². The van der Waals surface area contributed by atoms with Crippen molar-refractivity contribution in [2.75, 3.05) is 13.7 Å². The van der Waals surface area contributed by atoms with Crippen molar-refractivity contribution in [3.05, 3.63) is 40.8 Å². The molecule has 2 aromatic rings. The number of nitrogens with one attached hydrogen (secondary N) is 1. The first-order valence-corrected chi connectivity index (χ1v) is 6.98. The summed E-state index contributed by atoms with van der Waals surface area (Å²) >= 11 is 1.51. The summed E-state index contributed by atoms with van der Waals surface area (Å²) in [6.07, 6.45) is 0. The molecule has 0 atom stereocenters. The van der Waals surface area contributed by atoms with Crippen molar-refractivity contribution < 1.29 is 4.74 Å². The first-order valence-electron chi connectivity index (χ1n) is 6.16. The molecule has 0 saturated heterocycles. The second kappa shape index (κ2) is 6.37. The highest BCUT2D eigenvalue weighted by Gasteiger charge is 2.07. The lowest BCUT2D eigenvalue weighted by Gasteiger charge is -2.10. The van der Waals surface area contributed by atoms with Crippen LogP contribution in [-0.2, 0) is 6.54 Å². The highest BCUT2D eigenvalue weighted by molar-refractivity contribution is 7.16. The molecule has 0 aliphatic heterocycles. The fourth-order valence-electron chi connectivity index (χ4n) is 1.88. The van der Waals surface area contributed by atoms with E-state index in [1.807, 2.05) is 24.3 Å². The highest BCUT2D eigenvalue weighted by Crippen LogP contribution is 2.31. The van der Waals surface area contributed by atoms with Gasteiger partial charge in [0, 0.05) is 17.0 Å². The van der Waals surface area contributed by atoms with Crippen LogP contribution in [0.3, 0.4) is 0 Å². The second-order valence-electron chi connectivity index (χ2n) is 4.08. The van der Waals surface area contributed by atoms with Crippen molar-refractivity contribution in [3.8, 4) is 22.3 Å². The number of nitriles is 1. The summed E-state index contributed by atoms with van der Waals surface area (Å²) in [4.78, 5) is 1.84. The molecule has 0 bridgehead atoms. The number of benzene rings is 1. The number of ether oxygens (including phenoxy) is 1. The number of hydrogen-bond acceptors (Lipinski definition) is 4. The summed E-state index contributed by atoms with van der Waals surface area (Å²) < 4.78 is 5.37. The minimum Gasteiger partial charge on any atom is -0.496 e. The van der Waals surface area contributed by atoms with Crippen LogP contribution in [0, 0.1) is 11.3 Å². The molecule has 19 heavy (non-hydrogen) atoms. The van der Waals surface area contributed by atoms with Gasteiger partial charge in [0.25, 0.3) is 0 Å². The van der Waals surface area contributed by atoms with E-state index in [2.05, 4.69) is 24.4 Å². The average Bonchev–Trinajstić information content (AvgIpc) is 2.93. The SMILES string of the molecule is CCNCc1cc(-c2ccc(C#N)s2)ccc1OC. The van der Waals surface area contributed by atoms with E-state index < -0.39 is 0 Å². The maximum Gasteiger partial charge on any atom is 0.123 e. The standard InChI is InChI=1S/C15H16N2OS/c1-3-17-10-12-8-11(4-6-14(12)18-2)15-7-5-13(9-16)19-15/h4-8,17H,3,10H2,1-2H3. The maximum atomic E-state index is 8.88. The largest absolute Gasteiger partial charge is 0.496 e. The van der Waals surface area contributed by atoms with E-state index >= 15 is 0 Å². The van der Waals surface area contributed by atoms with Crippen LogP contribution in [0.1, 0.15) is 17.4 Å². The summed E-state index contributed by atoms with van der Waals surface area (Å²) in [5.41, 5.74) is 2.26. The Morgan fingerprint density at radius 2 is 2.16 bits per heavy atom.